The highest BCUT2D eigenvalue weighted by Crippen LogP contribution is 2.40. The van der Waals surface area contributed by atoms with E-state index in [-0.39, 0.29) is 6.03 Å². The lowest BCUT2D eigenvalue weighted by Crippen LogP contribution is -2.36. The molecule has 2 N–H and O–H groups in total. The third kappa shape index (κ3) is 3.58. The van der Waals surface area contributed by atoms with Gasteiger partial charge in [0.05, 0.1) is 13.2 Å². The molecule has 0 saturated carbocycles. The number of amides is 2. The summed E-state index contributed by atoms with van der Waals surface area (Å²) in [6.45, 7) is 2.47. The number of ether oxygens (including phenoxy) is 2. The molecule has 2 aromatic rings. The van der Waals surface area contributed by atoms with Gasteiger partial charge in [-0.05, 0) is 30.2 Å². The van der Waals surface area contributed by atoms with E-state index in [2.05, 4.69) is 16.7 Å². The standard InChI is InChI=1S/C20H21ClN2O3/c21-15-3-1-13(2-4-15)12-23-20(24)22-8-5-17-16-7-10-25-18(16)11-14-6-9-26-19(14)17/h1-4,11H,5-10,12H2,(H2,22,23,24). The third-order valence-corrected chi connectivity index (χ3v) is 5.04. The number of carbonyl (C=O) groups excluding carboxylic acids is 1. The molecule has 6 heteroatoms. The van der Waals surface area contributed by atoms with Gasteiger partial charge in [-0.1, -0.05) is 23.7 Å². The minimum absolute atomic E-state index is 0.179. The second kappa shape index (κ2) is 7.46. The van der Waals surface area contributed by atoms with Crippen LogP contribution < -0.4 is 20.1 Å². The normalized spacial score (nSPS) is 14.2. The maximum absolute atomic E-state index is 12.0. The third-order valence-electron chi connectivity index (χ3n) is 4.79. The van der Waals surface area contributed by atoms with Crippen molar-refractivity contribution in [3.8, 4) is 11.5 Å². The van der Waals surface area contributed by atoms with Crippen molar-refractivity contribution >= 4 is 17.6 Å². The number of rotatable bonds is 5. The average molecular weight is 373 g/mol. The van der Waals surface area contributed by atoms with Crippen molar-refractivity contribution < 1.29 is 14.3 Å². The highest BCUT2D eigenvalue weighted by atomic mass is 35.5. The first-order valence-electron chi connectivity index (χ1n) is 8.90. The molecule has 26 heavy (non-hydrogen) atoms. The Morgan fingerprint density at radius 2 is 1.88 bits per heavy atom. The lowest BCUT2D eigenvalue weighted by molar-refractivity contribution is 0.240. The van der Waals surface area contributed by atoms with Crippen molar-refractivity contribution in [2.45, 2.75) is 25.8 Å². The van der Waals surface area contributed by atoms with Gasteiger partial charge in [-0.2, -0.15) is 0 Å². The Morgan fingerprint density at radius 1 is 1.08 bits per heavy atom. The highest BCUT2D eigenvalue weighted by molar-refractivity contribution is 6.30. The van der Waals surface area contributed by atoms with Gasteiger partial charge in [0.1, 0.15) is 11.5 Å². The van der Waals surface area contributed by atoms with Crippen LogP contribution in [0.25, 0.3) is 0 Å². The van der Waals surface area contributed by atoms with Crippen molar-refractivity contribution in [1.82, 2.24) is 10.6 Å². The van der Waals surface area contributed by atoms with E-state index in [4.69, 9.17) is 21.1 Å². The van der Waals surface area contributed by atoms with Crippen LogP contribution in [0.3, 0.4) is 0 Å². The Kier molecular flexibility index (Phi) is 4.89. The number of urea groups is 1. The number of fused-ring (bicyclic) bond motifs is 2. The summed E-state index contributed by atoms with van der Waals surface area (Å²) >= 11 is 5.86. The summed E-state index contributed by atoms with van der Waals surface area (Å²) in [7, 11) is 0. The second-order valence-corrected chi connectivity index (χ2v) is 6.94. The highest BCUT2D eigenvalue weighted by Gasteiger charge is 2.26. The number of hydrogen-bond acceptors (Lipinski definition) is 3. The molecule has 136 valence electrons. The predicted molar refractivity (Wildman–Crippen MR) is 100 cm³/mol. The van der Waals surface area contributed by atoms with E-state index in [9.17, 15) is 4.79 Å². The monoisotopic (exact) mass is 372 g/mol. The molecule has 0 aliphatic carbocycles. The van der Waals surface area contributed by atoms with E-state index in [1.54, 1.807) is 0 Å². The van der Waals surface area contributed by atoms with Crippen molar-refractivity contribution in [3.63, 3.8) is 0 Å². The van der Waals surface area contributed by atoms with E-state index < -0.39 is 0 Å². The maximum atomic E-state index is 12.0. The lowest BCUT2D eigenvalue weighted by Gasteiger charge is -2.13. The van der Waals surface area contributed by atoms with Crippen molar-refractivity contribution in [1.29, 1.82) is 0 Å². The van der Waals surface area contributed by atoms with Gasteiger partial charge in [-0.15, -0.1) is 0 Å². The number of hydrogen-bond donors (Lipinski definition) is 2. The SMILES string of the molecule is O=C(NCCc1c2c(cc3c1OCC3)OCC2)NCc1ccc(Cl)cc1. The quantitative estimate of drug-likeness (QED) is 0.847. The maximum Gasteiger partial charge on any atom is 0.315 e. The van der Waals surface area contributed by atoms with Gasteiger partial charge in [0.25, 0.3) is 0 Å². The van der Waals surface area contributed by atoms with Gasteiger partial charge >= 0.3 is 6.03 Å². The zero-order valence-corrected chi connectivity index (χ0v) is 15.2. The van der Waals surface area contributed by atoms with E-state index in [1.807, 2.05) is 24.3 Å². The molecule has 2 heterocycles. The molecule has 2 aliphatic heterocycles. The number of benzene rings is 2. The fraction of sp³-hybridized carbons (Fsp3) is 0.350. The molecule has 0 aromatic heterocycles. The van der Waals surface area contributed by atoms with E-state index in [0.29, 0.717) is 18.1 Å². The van der Waals surface area contributed by atoms with Crippen LogP contribution in [0.2, 0.25) is 5.02 Å². The van der Waals surface area contributed by atoms with Crippen LogP contribution in [0.5, 0.6) is 11.5 Å². The lowest BCUT2D eigenvalue weighted by atomic mass is 9.97. The molecule has 2 aliphatic rings. The van der Waals surface area contributed by atoms with Crippen molar-refractivity contribution in [2.24, 2.45) is 0 Å². The predicted octanol–water partition coefficient (Wildman–Crippen LogP) is 3.25. The minimum Gasteiger partial charge on any atom is -0.493 e. The van der Waals surface area contributed by atoms with Crippen LogP contribution in [0.4, 0.5) is 4.79 Å². The molecule has 0 spiro atoms. The first kappa shape index (κ1) is 17.0. The summed E-state index contributed by atoms with van der Waals surface area (Å²) in [4.78, 5) is 12.0. The molecular formula is C20H21ClN2O3. The molecule has 5 nitrogen and oxygen atoms in total. The van der Waals surface area contributed by atoms with Crippen LogP contribution in [0.15, 0.2) is 30.3 Å². The Bertz CT molecular complexity index is 789. The number of halogens is 1. The van der Waals surface area contributed by atoms with Crippen LogP contribution in [-0.4, -0.2) is 25.8 Å². The molecule has 0 radical (unpaired) electrons. The smallest absolute Gasteiger partial charge is 0.315 e. The summed E-state index contributed by atoms with van der Waals surface area (Å²) in [5.41, 5.74) is 4.64. The van der Waals surface area contributed by atoms with E-state index in [0.717, 1.165) is 49.5 Å². The molecule has 2 aromatic carbocycles. The molecule has 0 bridgehead atoms. The van der Waals surface area contributed by atoms with Gasteiger partial charge in [-0.3, -0.25) is 0 Å². The number of carbonyl (C=O) groups is 1. The Labute approximate surface area is 157 Å². The van der Waals surface area contributed by atoms with Gasteiger partial charge in [0.2, 0.25) is 0 Å². The first-order valence-corrected chi connectivity index (χ1v) is 9.28. The van der Waals surface area contributed by atoms with Crippen LogP contribution in [0, 0.1) is 0 Å². The Balaban J connectivity index is 1.32. The first-order chi connectivity index (χ1) is 12.7. The zero-order valence-electron chi connectivity index (χ0n) is 14.4. The van der Waals surface area contributed by atoms with Crippen molar-refractivity contribution in [2.75, 3.05) is 19.8 Å². The van der Waals surface area contributed by atoms with Crippen LogP contribution >= 0.6 is 11.6 Å². The molecule has 0 atom stereocenters. The summed E-state index contributed by atoms with van der Waals surface area (Å²) in [5, 5.41) is 6.47. The van der Waals surface area contributed by atoms with Crippen molar-refractivity contribution in [3.05, 3.63) is 57.6 Å². The number of nitrogens with one attached hydrogen (secondary N) is 2. The summed E-state index contributed by atoms with van der Waals surface area (Å²) < 4.78 is 11.6. The summed E-state index contributed by atoms with van der Waals surface area (Å²) in [6, 6.07) is 9.36. The van der Waals surface area contributed by atoms with E-state index in [1.165, 1.54) is 16.7 Å². The molecule has 0 saturated heterocycles. The van der Waals surface area contributed by atoms with E-state index >= 15 is 0 Å². The van der Waals surface area contributed by atoms with Gasteiger partial charge in [0, 0.05) is 47.6 Å². The topological polar surface area (TPSA) is 59.6 Å². The van der Waals surface area contributed by atoms with Crippen LogP contribution in [0.1, 0.15) is 22.3 Å². The molecule has 0 fully saturated rings. The second-order valence-electron chi connectivity index (χ2n) is 6.50. The van der Waals surface area contributed by atoms with Gasteiger partial charge in [0.15, 0.2) is 0 Å². The summed E-state index contributed by atoms with van der Waals surface area (Å²) in [6.07, 6.45) is 2.57. The average Bonchev–Trinajstić information content (AvgIpc) is 3.29. The Hall–Kier alpha value is -2.40. The minimum atomic E-state index is -0.179. The Morgan fingerprint density at radius 3 is 2.73 bits per heavy atom. The summed E-state index contributed by atoms with van der Waals surface area (Å²) in [5.74, 6) is 1.98. The van der Waals surface area contributed by atoms with Gasteiger partial charge in [-0.25, -0.2) is 4.79 Å². The van der Waals surface area contributed by atoms with Gasteiger partial charge < -0.3 is 20.1 Å². The fourth-order valence-corrected chi connectivity index (χ4v) is 3.62. The van der Waals surface area contributed by atoms with Crippen LogP contribution in [-0.2, 0) is 25.8 Å². The molecule has 0 unspecified atom stereocenters. The molecular weight excluding hydrogens is 352 g/mol. The molecule has 2 amide bonds. The fourth-order valence-electron chi connectivity index (χ4n) is 3.50. The largest absolute Gasteiger partial charge is 0.493 e. The zero-order chi connectivity index (χ0) is 17.9. The molecule has 4 rings (SSSR count).